The van der Waals surface area contributed by atoms with Gasteiger partial charge in [0, 0.05) is 30.5 Å². The molecule has 0 radical (unpaired) electrons. The number of carbonyl (C=O) groups is 1. The van der Waals surface area contributed by atoms with Crippen molar-refractivity contribution in [3.63, 3.8) is 0 Å². The number of hydrogen-bond donors (Lipinski definition) is 1. The first kappa shape index (κ1) is 23.6. The van der Waals surface area contributed by atoms with Crippen molar-refractivity contribution in [2.45, 2.75) is 12.8 Å². The summed E-state index contributed by atoms with van der Waals surface area (Å²) < 4.78 is 35.1. The molecule has 32 heavy (non-hydrogen) atoms. The highest BCUT2D eigenvalue weighted by Crippen LogP contribution is 2.28. The Balaban J connectivity index is 1.61. The number of carbonyl (C=O) groups excluding carboxylic acids is 1. The number of methoxy groups -OCH3 is 2. The number of hydrogen-bond acceptors (Lipinski definition) is 7. The zero-order valence-electron chi connectivity index (χ0n) is 18.3. The molecular formula is C22H25N3O5S2. The maximum atomic E-state index is 12.4. The van der Waals surface area contributed by atoms with Gasteiger partial charge in [-0.1, -0.05) is 12.1 Å². The fourth-order valence-electron chi connectivity index (χ4n) is 2.95. The number of thiazole rings is 1. The average molecular weight is 476 g/mol. The first-order valence-electron chi connectivity index (χ1n) is 9.71. The molecule has 0 aliphatic rings. The second-order valence-electron chi connectivity index (χ2n) is 7.08. The van der Waals surface area contributed by atoms with Crippen LogP contribution in [0.1, 0.15) is 12.0 Å². The summed E-state index contributed by atoms with van der Waals surface area (Å²) in [6.45, 7) is 0. The van der Waals surface area contributed by atoms with E-state index in [1.807, 2.05) is 17.5 Å². The van der Waals surface area contributed by atoms with Crippen LogP contribution in [0, 0.1) is 0 Å². The van der Waals surface area contributed by atoms with Gasteiger partial charge in [0.15, 0.2) is 5.13 Å². The van der Waals surface area contributed by atoms with E-state index in [0.717, 1.165) is 17.4 Å². The van der Waals surface area contributed by atoms with Crippen LogP contribution in [0.25, 0.3) is 11.3 Å². The first-order chi connectivity index (χ1) is 15.2. The van der Waals surface area contributed by atoms with Crippen LogP contribution >= 0.6 is 11.3 Å². The Labute approximate surface area is 191 Å². The molecule has 170 valence electrons. The van der Waals surface area contributed by atoms with Crippen molar-refractivity contribution >= 4 is 38.1 Å². The number of sulfonamides is 1. The molecule has 0 spiro atoms. The molecule has 3 rings (SSSR count). The standard InChI is InChI=1S/C22H25N3O5S2/c1-25(32(4,27)28)17-8-6-16(7-9-17)20-14-31-22(23-20)24-21(26)10-5-15-11-18(29-2)13-19(12-15)30-3/h6-9,11-14H,5,10H2,1-4H3,(H,23,24,26). The quantitative estimate of drug-likeness (QED) is 0.506. The summed E-state index contributed by atoms with van der Waals surface area (Å²) in [4.78, 5) is 16.9. The van der Waals surface area contributed by atoms with Gasteiger partial charge in [0.1, 0.15) is 11.5 Å². The Morgan fingerprint density at radius 1 is 1.09 bits per heavy atom. The van der Waals surface area contributed by atoms with Crippen molar-refractivity contribution in [1.82, 2.24) is 4.98 Å². The molecule has 0 aliphatic heterocycles. The molecule has 2 aromatic carbocycles. The molecule has 0 saturated carbocycles. The SMILES string of the molecule is COc1cc(CCC(=O)Nc2nc(-c3ccc(N(C)S(C)(=O)=O)cc3)cs2)cc(OC)c1. The van der Waals surface area contributed by atoms with Crippen molar-refractivity contribution < 1.29 is 22.7 Å². The highest BCUT2D eigenvalue weighted by Gasteiger charge is 2.13. The normalized spacial score (nSPS) is 11.1. The smallest absolute Gasteiger partial charge is 0.231 e. The lowest BCUT2D eigenvalue weighted by molar-refractivity contribution is -0.116. The van der Waals surface area contributed by atoms with Gasteiger partial charge in [0.05, 0.1) is 31.9 Å². The van der Waals surface area contributed by atoms with E-state index < -0.39 is 10.0 Å². The number of amides is 1. The highest BCUT2D eigenvalue weighted by atomic mass is 32.2. The Morgan fingerprint density at radius 3 is 2.28 bits per heavy atom. The average Bonchev–Trinajstić information content (AvgIpc) is 3.24. The van der Waals surface area contributed by atoms with E-state index in [1.54, 1.807) is 44.6 Å². The van der Waals surface area contributed by atoms with E-state index >= 15 is 0 Å². The molecule has 0 fully saturated rings. The van der Waals surface area contributed by atoms with Crippen molar-refractivity contribution in [2.24, 2.45) is 0 Å². The number of aromatic nitrogens is 1. The molecule has 8 nitrogen and oxygen atoms in total. The molecule has 1 amide bonds. The number of nitrogens with zero attached hydrogens (tertiary/aromatic N) is 2. The minimum atomic E-state index is -3.32. The largest absolute Gasteiger partial charge is 0.497 e. The molecule has 3 aromatic rings. The zero-order chi connectivity index (χ0) is 23.3. The molecule has 10 heteroatoms. The third kappa shape index (κ3) is 5.98. The maximum absolute atomic E-state index is 12.4. The van der Waals surface area contributed by atoms with Gasteiger partial charge in [-0.2, -0.15) is 0 Å². The summed E-state index contributed by atoms with van der Waals surface area (Å²) in [5.74, 6) is 1.22. The summed E-state index contributed by atoms with van der Waals surface area (Å²) in [7, 11) is 1.36. The number of benzene rings is 2. The number of rotatable bonds is 9. The van der Waals surface area contributed by atoms with Crippen molar-refractivity contribution in [3.05, 3.63) is 53.4 Å². The third-order valence-electron chi connectivity index (χ3n) is 4.83. The van der Waals surface area contributed by atoms with Gasteiger partial charge in [-0.15, -0.1) is 11.3 Å². The van der Waals surface area contributed by atoms with E-state index in [2.05, 4.69) is 10.3 Å². The second-order valence-corrected chi connectivity index (χ2v) is 9.96. The van der Waals surface area contributed by atoms with Crippen LogP contribution in [0.15, 0.2) is 47.8 Å². The number of aryl methyl sites for hydroxylation is 1. The van der Waals surface area contributed by atoms with E-state index in [0.29, 0.717) is 34.4 Å². The van der Waals surface area contributed by atoms with Crippen LogP contribution < -0.4 is 19.1 Å². The summed E-state index contributed by atoms with van der Waals surface area (Å²) in [5, 5.41) is 5.18. The van der Waals surface area contributed by atoms with Gasteiger partial charge in [-0.3, -0.25) is 9.10 Å². The van der Waals surface area contributed by atoms with Crippen LogP contribution in [-0.2, 0) is 21.2 Å². The van der Waals surface area contributed by atoms with Crippen LogP contribution in [0.4, 0.5) is 10.8 Å². The summed E-state index contributed by atoms with van der Waals surface area (Å²) in [5.41, 5.74) is 3.04. The van der Waals surface area contributed by atoms with Gasteiger partial charge >= 0.3 is 0 Å². The first-order valence-corrected chi connectivity index (χ1v) is 12.4. The topological polar surface area (TPSA) is 97.8 Å². The third-order valence-corrected chi connectivity index (χ3v) is 6.79. The summed E-state index contributed by atoms with van der Waals surface area (Å²) >= 11 is 1.33. The number of anilines is 2. The van der Waals surface area contributed by atoms with Gasteiger partial charge in [-0.25, -0.2) is 13.4 Å². The fourth-order valence-corrected chi connectivity index (χ4v) is 4.19. The van der Waals surface area contributed by atoms with Crippen LogP contribution in [0.3, 0.4) is 0 Å². The van der Waals surface area contributed by atoms with Gasteiger partial charge in [-0.05, 0) is 36.2 Å². The Hall–Kier alpha value is -3.11. The maximum Gasteiger partial charge on any atom is 0.231 e. The van der Waals surface area contributed by atoms with E-state index in [9.17, 15) is 13.2 Å². The predicted molar refractivity (Wildman–Crippen MR) is 127 cm³/mol. The molecule has 1 aromatic heterocycles. The van der Waals surface area contributed by atoms with Gasteiger partial charge < -0.3 is 14.8 Å². The lowest BCUT2D eigenvalue weighted by Gasteiger charge is -2.16. The summed E-state index contributed by atoms with van der Waals surface area (Å²) in [6.07, 6.45) is 1.98. The van der Waals surface area contributed by atoms with Gasteiger partial charge in [0.25, 0.3) is 0 Å². The Morgan fingerprint density at radius 2 is 1.72 bits per heavy atom. The lowest BCUT2D eigenvalue weighted by Crippen LogP contribution is -2.24. The summed E-state index contributed by atoms with van der Waals surface area (Å²) in [6, 6.07) is 12.6. The predicted octanol–water partition coefficient (Wildman–Crippen LogP) is 3.79. The zero-order valence-corrected chi connectivity index (χ0v) is 19.9. The van der Waals surface area contributed by atoms with Crippen molar-refractivity contribution in [1.29, 1.82) is 0 Å². The second kappa shape index (κ2) is 10.0. The molecule has 0 bridgehead atoms. The molecular weight excluding hydrogens is 450 g/mol. The molecule has 0 atom stereocenters. The minimum absolute atomic E-state index is 0.141. The van der Waals surface area contributed by atoms with Crippen molar-refractivity contribution in [2.75, 3.05) is 37.1 Å². The molecule has 1 N–H and O–H groups in total. The van der Waals surface area contributed by atoms with E-state index in [-0.39, 0.29) is 12.3 Å². The number of nitrogens with one attached hydrogen (secondary N) is 1. The molecule has 0 saturated heterocycles. The van der Waals surface area contributed by atoms with E-state index in [1.165, 1.54) is 22.7 Å². The van der Waals surface area contributed by atoms with Crippen molar-refractivity contribution in [3.8, 4) is 22.8 Å². The monoisotopic (exact) mass is 475 g/mol. The molecule has 0 unspecified atom stereocenters. The van der Waals surface area contributed by atoms with Crippen LogP contribution in [0.2, 0.25) is 0 Å². The van der Waals surface area contributed by atoms with Crippen LogP contribution in [-0.4, -0.2) is 46.8 Å². The minimum Gasteiger partial charge on any atom is -0.497 e. The van der Waals surface area contributed by atoms with Crippen LogP contribution in [0.5, 0.6) is 11.5 Å². The Kier molecular flexibility index (Phi) is 7.37. The van der Waals surface area contributed by atoms with Gasteiger partial charge in [0.2, 0.25) is 15.9 Å². The Bertz CT molecular complexity index is 1170. The highest BCUT2D eigenvalue weighted by molar-refractivity contribution is 7.92. The van der Waals surface area contributed by atoms with E-state index in [4.69, 9.17) is 9.47 Å². The fraction of sp³-hybridized carbons (Fsp3) is 0.273. The lowest BCUT2D eigenvalue weighted by atomic mass is 10.1. The molecule has 1 heterocycles. The number of ether oxygens (including phenoxy) is 2. The molecule has 0 aliphatic carbocycles.